The molecule has 5 nitrogen and oxygen atoms in total. The van der Waals surface area contributed by atoms with Crippen LogP contribution in [0.2, 0.25) is 0 Å². The molecule has 0 radical (unpaired) electrons. The number of hydrogen-bond acceptors (Lipinski definition) is 3. The van der Waals surface area contributed by atoms with Gasteiger partial charge in [0.1, 0.15) is 0 Å². The number of anilines is 1. The number of amides is 2. The van der Waals surface area contributed by atoms with Gasteiger partial charge in [0.15, 0.2) is 0 Å². The molecule has 2 amide bonds. The summed E-state index contributed by atoms with van der Waals surface area (Å²) < 4.78 is 0. The van der Waals surface area contributed by atoms with Crippen molar-refractivity contribution in [3.8, 4) is 0 Å². The van der Waals surface area contributed by atoms with Gasteiger partial charge in [-0.3, -0.25) is 14.5 Å². The van der Waals surface area contributed by atoms with Gasteiger partial charge in [-0.2, -0.15) is 0 Å². The van der Waals surface area contributed by atoms with Gasteiger partial charge < -0.3 is 10.6 Å². The van der Waals surface area contributed by atoms with E-state index in [2.05, 4.69) is 39.8 Å². The highest BCUT2D eigenvalue weighted by Crippen LogP contribution is 2.20. The Morgan fingerprint density at radius 1 is 0.806 bits per heavy atom. The van der Waals surface area contributed by atoms with E-state index in [4.69, 9.17) is 0 Å². The maximum atomic E-state index is 12.8. The Bertz CT molecular complexity index is 976. The van der Waals surface area contributed by atoms with Gasteiger partial charge in [0.25, 0.3) is 5.91 Å². The minimum absolute atomic E-state index is 0.0895. The summed E-state index contributed by atoms with van der Waals surface area (Å²) in [7, 11) is 0. The van der Waals surface area contributed by atoms with E-state index in [-0.39, 0.29) is 18.4 Å². The first-order valence-electron chi connectivity index (χ1n) is 10.7. The Kier molecular flexibility index (Phi) is 6.75. The average molecular weight is 414 g/mol. The highest BCUT2D eigenvalue weighted by Gasteiger charge is 2.23. The maximum absolute atomic E-state index is 12.8. The second-order valence-corrected chi connectivity index (χ2v) is 7.99. The molecule has 1 saturated carbocycles. The molecular weight excluding hydrogens is 386 g/mol. The lowest BCUT2D eigenvalue weighted by molar-refractivity contribution is -0.117. The monoisotopic (exact) mass is 413 g/mol. The summed E-state index contributed by atoms with van der Waals surface area (Å²) >= 11 is 0. The molecule has 0 saturated heterocycles. The number of hydrogen-bond donors (Lipinski definition) is 2. The fourth-order valence-electron chi connectivity index (χ4n) is 3.49. The maximum Gasteiger partial charge on any atom is 0.251 e. The lowest BCUT2D eigenvalue weighted by Gasteiger charge is -2.22. The second-order valence-electron chi connectivity index (χ2n) is 7.99. The van der Waals surface area contributed by atoms with Gasteiger partial charge in [0.2, 0.25) is 5.91 Å². The predicted molar refractivity (Wildman–Crippen MR) is 123 cm³/mol. The Labute approximate surface area is 183 Å². The lowest BCUT2D eigenvalue weighted by Crippen LogP contribution is -2.32. The number of carbonyl (C=O) groups excluding carboxylic acids is 2. The van der Waals surface area contributed by atoms with Gasteiger partial charge >= 0.3 is 0 Å². The quantitative estimate of drug-likeness (QED) is 0.552. The number of nitrogens with one attached hydrogen (secondary N) is 2. The molecule has 5 heteroatoms. The molecule has 1 aliphatic carbocycles. The summed E-state index contributed by atoms with van der Waals surface area (Å²) in [4.78, 5) is 27.2. The number of carbonyl (C=O) groups is 2. The molecule has 0 bridgehead atoms. The van der Waals surface area contributed by atoms with Crippen LogP contribution in [0.3, 0.4) is 0 Å². The largest absolute Gasteiger partial charge is 0.349 e. The second kappa shape index (κ2) is 10.0. The highest BCUT2D eigenvalue weighted by atomic mass is 16.2. The first kappa shape index (κ1) is 20.8. The summed E-state index contributed by atoms with van der Waals surface area (Å²) in [6.07, 6.45) is 2.08. The third kappa shape index (κ3) is 6.52. The molecule has 4 rings (SSSR count). The summed E-state index contributed by atoms with van der Waals surface area (Å²) in [5.41, 5.74) is 3.51. The molecule has 0 spiro atoms. The molecular formula is C26H27N3O2. The summed E-state index contributed by atoms with van der Waals surface area (Å²) in [6, 6.07) is 27.7. The van der Waals surface area contributed by atoms with Crippen LogP contribution < -0.4 is 10.6 Å². The van der Waals surface area contributed by atoms with Crippen molar-refractivity contribution in [1.29, 1.82) is 0 Å². The third-order valence-corrected chi connectivity index (χ3v) is 5.19. The van der Waals surface area contributed by atoms with Crippen LogP contribution >= 0.6 is 0 Å². The molecule has 2 N–H and O–H groups in total. The van der Waals surface area contributed by atoms with Crippen LogP contribution in [0.4, 0.5) is 5.69 Å². The average Bonchev–Trinajstić information content (AvgIpc) is 3.59. The molecule has 0 heterocycles. The fraction of sp³-hybridized carbons (Fsp3) is 0.231. The molecule has 0 aliphatic heterocycles. The highest BCUT2D eigenvalue weighted by molar-refractivity contribution is 5.97. The molecule has 0 aromatic heterocycles. The molecule has 1 aliphatic rings. The number of nitrogens with zero attached hydrogens (tertiary/aromatic N) is 1. The predicted octanol–water partition coefficient (Wildman–Crippen LogP) is 4.22. The summed E-state index contributed by atoms with van der Waals surface area (Å²) in [5.74, 6) is -0.194. The van der Waals surface area contributed by atoms with E-state index in [1.807, 2.05) is 42.5 Å². The summed E-state index contributed by atoms with van der Waals surface area (Å²) in [6.45, 7) is 1.60. The topological polar surface area (TPSA) is 61.4 Å². The van der Waals surface area contributed by atoms with E-state index >= 15 is 0 Å². The molecule has 31 heavy (non-hydrogen) atoms. The van der Waals surface area contributed by atoms with Gasteiger partial charge in [0, 0.05) is 30.4 Å². The molecule has 3 aromatic carbocycles. The Balaban J connectivity index is 1.41. The zero-order chi connectivity index (χ0) is 21.5. The number of rotatable bonds is 9. The Morgan fingerprint density at radius 2 is 1.42 bits per heavy atom. The van der Waals surface area contributed by atoms with Crippen LogP contribution in [-0.2, 0) is 17.9 Å². The lowest BCUT2D eigenvalue weighted by atomic mass is 10.1. The van der Waals surface area contributed by atoms with Crippen LogP contribution in [0, 0.1) is 0 Å². The van der Waals surface area contributed by atoms with E-state index in [1.54, 1.807) is 18.2 Å². The molecule has 1 fully saturated rings. The van der Waals surface area contributed by atoms with Gasteiger partial charge in [-0.25, -0.2) is 0 Å². The minimum Gasteiger partial charge on any atom is -0.349 e. The van der Waals surface area contributed by atoms with Crippen LogP contribution in [0.25, 0.3) is 0 Å². The smallest absolute Gasteiger partial charge is 0.251 e. The van der Waals surface area contributed by atoms with Crippen molar-refractivity contribution < 1.29 is 9.59 Å². The van der Waals surface area contributed by atoms with E-state index in [0.29, 0.717) is 30.4 Å². The zero-order valence-electron chi connectivity index (χ0n) is 17.5. The van der Waals surface area contributed by atoms with Gasteiger partial charge in [-0.1, -0.05) is 66.7 Å². The van der Waals surface area contributed by atoms with E-state index in [1.165, 1.54) is 0 Å². The van der Waals surface area contributed by atoms with E-state index in [9.17, 15) is 9.59 Å². The van der Waals surface area contributed by atoms with Gasteiger partial charge in [-0.15, -0.1) is 0 Å². The van der Waals surface area contributed by atoms with E-state index < -0.39 is 0 Å². The molecule has 0 unspecified atom stereocenters. The fourth-order valence-corrected chi connectivity index (χ4v) is 3.49. The normalized spacial score (nSPS) is 13.1. The third-order valence-electron chi connectivity index (χ3n) is 5.19. The van der Waals surface area contributed by atoms with Crippen molar-refractivity contribution in [2.75, 3.05) is 11.9 Å². The van der Waals surface area contributed by atoms with E-state index in [0.717, 1.165) is 24.0 Å². The summed E-state index contributed by atoms with van der Waals surface area (Å²) in [5, 5.41) is 5.93. The van der Waals surface area contributed by atoms with Crippen molar-refractivity contribution in [2.45, 2.75) is 32.0 Å². The zero-order valence-corrected chi connectivity index (χ0v) is 17.5. The Morgan fingerprint density at radius 3 is 2.00 bits per heavy atom. The van der Waals surface area contributed by atoms with Crippen LogP contribution in [0.5, 0.6) is 0 Å². The van der Waals surface area contributed by atoms with Crippen molar-refractivity contribution in [1.82, 2.24) is 10.2 Å². The molecule has 0 atom stereocenters. The van der Waals surface area contributed by atoms with Gasteiger partial charge in [-0.05, 0) is 42.2 Å². The van der Waals surface area contributed by atoms with Crippen LogP contribution in [0.15, 0.2) is 84.9 Å². The van der Waals surface area contributed by atoms with Crippen molar-refractivity contribution in [3.63, 3.8) is 0 Å². The molecule has 3 aromatic rings. The Hall–Kier alpha value is -3.44. The SMILES string of the molecule is O=C(CN(Cc1ccccc1)Cc1ccccc1)Nc1cccc(C(=O)NC2CC2)c1. The van der Waals surface area contributed by atoms with Crippen molar-refractivity contribution in [2.24, 2.45) is 0 Å². The minimum atomic E-state index is -0.105. The number of benzene rings is 3. The van der Waals surface area contributed by atoms with Gasteiger partial charge in [0.05, 0.1) is 6.54 Å². The standard InChI is InChI=1S/C26H27N3O2/c30-25(27-24-13-7-12-22(16-24)26(31)28-23-14-15-23)19-29(17-20-8-3-1-4-9-20)18-21-10-5-2-6-11-21/h1-13,16,23H,14-15,17-19H2,(H,27,30)(H,28,31). The van der Waals surface area contributed by atoms with Crippen LogP contribution in [0.1, 0.15) is 34.3 Å². The van der Waals surface area contributed by atoms with Crippen molar-refractivity contribution >= 4 is 17.5 Å². The first-order valence-corrected chi connectivity index (χ1v) is 10.7. The molecule has 158 valence electrons. The van der Waals surface area contributed by atoms with Crippen LogP contribution in [-0.4, -0.2) is 29.3 Å². The first-order chi connectivity index (χ1) is 15.2. The van der Waals surface area contributed by atoms with Crippen molar-refractivity contribution in [3.05, 3.63) is 102 Å².